The van der Waals surface area contributed by atoms with Gasteiger partial charge in [-0.1, -0.05) is 30.3 Å². The van der Waals surface area contributed by atoms with Crippen LogP contribution in [0.25, 0.3) is 0 Å². The zero-order valence-electron chi connectivity index (χ0n) is 18.3. The summed E-state index contributed by atoms with van der Waals surface area (Å²) in [6, 6.07) is 11.9. The number of aromatic nitrogens is 2. The van der Waals surface area contributed by atoms with Crippen LogP contribution in [-0.2, 0) is 23.1 Å². The van der Waals surface area contributed by atoms with Crippen molar-refractivity contribution in [1.29, 1.82) is 0 Å². The number of nitrogens with one attached hydrogen (secondary N) is 2. The molecule has 1 fully saturated rings. The summed E-state index contributed by atoms with van der Waals surface area (Å²) in [6.45, 7) is -0.0747. The van der Waals surface area contributed by atoms with E-state index in [1.54, 1.807) is 0 Å². The van der Waals surface area contributed by atoms with Gasteiger partial charge in [-0.2, -0.15) is 13.1 Å². The first-order valence-corrected chi connectivity index (χ1v) is 13.2. The maximum absolute atomic E-state index is 13.2. The largest absolute Gasteiger partial charge is 0.393 e. The zero-order chi connectivity index (χ0) is 24.1. The minimum Gasteiger partial charge on any atom is -0.393 e. The van der Waals surface area contributed by atoms with Crippen LogP contribution in [0.3, 0.4) is 0 Å². The number of carbonyl (C=O) groups excluding carboxylic acids is 1. The number of aliphatic hydroxyl groups is 1. The molecule has 0 radical (unpaired) electrons. The highest BCUT2D eigenvalue weighted by atomic mass is 32.2. The normalized spacial score (nSPS) is 20.4. The summed E-state index contributed by atoms with van der Waals surface area (Å²) in [5.74, 6) is -0.174. The second-order valence-electron chi connectivity index (χ2n) is 8.38. The number of thiophene rings is 1. The molecule has 1 saturated carbocycles. The highest BCUT2D eigenvalue weighted by Crippen LogP contribution is 2.30. The predicted octanol–water partition coefficient (Wildman–Crippen LogP) is 2.50. The van der Waals surface area contributed by atoms with E-state index in [9.17, 15) is 18.3 Å². The predicted molar refractivity (Wildman–Crippen MR) is 129 cm³/mol. The molecule has 0 unspecified atom stereocenters. The second kappa shape index (κ2) is 10.7. The Kier molecular flexibility index (Phi) is 7.69. The van der Waals surface area contributed by atoms with Crippen molar-refractivity contribution in [2.45, 2.75) is 37.8 Å². The molecule has 0 bridgehead atoms. The number of hydrogen-bond acceptors (Lipinski definition) is 8. The molecule has 34 heavy (non-hydrogen) atoms. The molecular formula is C23H26N4O5S2. The van der Waals surface area contributed by atoms with Gasteiger partial charge in [0.25, 0.3) is 0 Å². The Morgan fingerprint density at radius 1 is 1.15 bits per heavy atom. The van der Waals surface area contributed by atoms with Gasteiger partial charge in [-0.15, -0.1) is 11.3 Å². The number of carbonyl (C=O) groups is 1. The van der Waals surface area contributed by atoms with Crippen LogP contribution in [0.4, 0.5) is 5.82 Å². The van der Waals surface area contributed by atoms with Crippen LogP contribution in [0.5, 0.6) is 0 Å². The lowest BCUT2D eigenvalue weighted by Gasteiger charge is -2.15. The summed E-state index contributed by atoms with van der Waals surface area (Å²) >= 11 is 1.39. The third kappa shape index (κ3) is 6.45. The van der Waals surface area contributed by atoms with Gasteiger partial charge in [0, 0.05) is 24.7 Å². The van der Waals surface area contributed by atoms with Gasteiger partial charge in [0.05, 0.1) is 16.5 Å². The Hall–Kier alpha value is -2.70. The van der Waals surface area contributed by atoms with Crippen LogP contribution < -0.4 is 10.0 Å². The Labute approximate surface area is 202 Å². The molecule has 0 aliphatic heterocycles. The Morgan fingerprint density at radius 3 is 2.68 bits per heavy atom. The smallest absolute Gasteiger partial charge is 0.333 e. The Bertz CT molecular complexity index is 1230. The molecule has 2 aromatic heterocycles. The average molecular weight is 503 g/mol. The molecule has 2 heterocycles. The van der Waals surface area contributed by atoms with Crippen molar-refractivity contribution in [3.05, 3.63) is 75.9 Å². The fourth-order valence-electron chi connectivity index (χ4n) is 4.15. The van der Waals surface area contributed by atoms with E-state index in [4.69, 9.17) is 4.55 Å². The first kappa shape index (κ1) is 24.4. The molecule has 3 aromatic rings. The minimum atomic E-state index is -4.32. The van der Waals surface area contributed by atoms with Crippen LogP contribution in [0, 0.1) is 5.92 Å². The molecule has 0 saturated heterocycles. The number of nitrogens with zero attached hydrogens (tertiary/aromatic N) is 2. The minimum absolute atomic E-state index is 0.0747. The molecular weight excluding hydrogens is 476 g/mol. The van der Waals surface area contributed by atoms with Crippen molar-refractivity contribution >= 4 is 33.2 Å². The molecule has 3 atom stereocenters. The Balaban J connectivity index is 1.40. The van der Waals surface area contributed by atoms with Crippen molar-refractivity contribution in [2.75, 3.05) is 11.9 Å². The molecule has 0 amide bonds. The van der Waals surface area contributed by atoms with E-state index in [1.165, 1.54) is 29.4 Å². The molecule has 1 aliphatic carbocycles. The van der Waals surface area contributed by atoms with Crippen LogP contribution in [-0.4, -0.2) is 52.5 Å². The molecule has 1 aliphatic rings. The molecule has 11 heteroatoms. The van der Waals surface area contributed by atoms with Crippen LogP contribution in [0.1, 0.15) is 39.2 Å². The molecule has 9 nitrogen and oxygen atoms in total. The monoisotopic (exact) mass is 502 g/mol. The molecule has 1 aromatic carbocycles. The molecule has 180 valence electrons. The van der Waals surface area contributed by atoms with Crippen molar-refractivity contribution in [3.8, 4) is 0 Å². The highest BCUT2D eigenvalue weighted by molar-refractivity contribution is 7.83. The van der Waals surface area contributed by atoms with Gasteiger partial charge in [-0.3, -0.25) is 9.35 Å². The van der Waals surface area contributed by atoms with Crippen molar-refractivity contribution < 1.29 is 22.9 Å². The lowest BCUT2D eigenvalue weighted by molar-refractivity contribution is 0.104. The fourth-order valence-corrected chi connectivity index (χ4v) is 5.47. The SMILES string of the molecule is O=C(c1cc(CCc2ccccc2)cs1)c1cncnc1N[C@@H]1C[C@H](CNS(=O)(=O)O)[C@@H](O)C1. The van der Waals surface area contributed by atoms with E-state index in [1.807, 2.05) is 34.4 Å². The van der Waals surface area contributed by atoms with E-state index in [-0.39, 0.29) is 24.3 Å². The maximum Gasteiger partial charge on any atom is 0.333 e. The summed E-state index contributed by atoms with van der Waals surface area (Å²) in [7, 11) is -4.32. The zero-order valence-corrected chi connectivity index (χ0v) is 19.9. The highest BCUT2D eigenvalue weighted by Gasteiger charge is 2.34. The maximum atomic E-state index is 13.2. The van der Waals surface area contributed by atoms with Crippen LogP contribution in [0.15, 0.2) is 54.3 Å². The lowest BCUT2D eigenvalue weighted by Crippen LogP contribution is -2.32. The number of rotatable bonds is 10. The quantitative estimate of drug-likeness (QED) is 0.245. The van der Waals surface area contributed by atoms with E-state index in [0.717, 1.165) is 18.4 Å². The third-order valence-electron chi connectivity index (χ3n) is 5.91. The van der Waals surface area contributed by atoms with Crippen LogP contribution >= 0.6 is 11.3 Å². The summed E-state index contributed by atoms with van der Waals surface area (Å²) < 4.78 is 32.7. The van der Waals surface area contributed by atoms with E-state index < -0.39 is 16.4 Å². The van der Waals surface area contributed by atoms with Gasteiger partial charge in [0.2, 0.25) is 5.78 Å². The number of benzene rings is 1. The third-order valence-corrected chi connectivity index (χ3v) is 7.42. The second-order valence-corrected chi connectivity index (χ2v) is 10.5. The lowest BCUT2D eigenvalue weighted by atomic mass is 10.1. The van der Waals surface area contributed by atoms with Gasteiger partial charge in [0.15, 0.2) is 0 Å². The molecule has 4 rings (SSSR count). The number of ketones is 1. The topological polar surface area (TPSA) is 142 Å². The number of anilines is 1. The summed E-state index contributed by atoms with van der Waals surface area (Å²) in [5, 5.41) is 15.5. The van der Waals surface area contributed by atoms with Crippen molar-refractivity contribution in [2.24, 2.45) is 5.92 Å². The van der Waals surface area contributed by atoms with Gasteiger partial charge < -0.3 is 10.4 Å². The van der Waals surface area contributed by atoms with E-state index >= 15 is 0 Å². The summed E-state index contributed by atoms with van der Waals surface area (Å²) in [5.41, 5.74) is 2.68. The molecule has 4 N–H and O–H groups in total. The summed E-state index contributed by atoms with van der Waals surface area (Å²) in [4.78, 5) is 22.1. The van der Waals surface area contributed by atoms with E-state index in [2.05, 4.69) is 27.4 Å². The summed E-state index contributed by atoms with van der Waals surface area (Å²) in [6.07, 6.45) is 4.61. The first-order chi connectivity index (χ1) is 16.3. The standard InChI is InChI=1S/C23H26N4O5S2/c28-20-10-18(9-17(20)11-26-34(30,31)32)27-23-19(12-24-14-25-23)22(29)21-8-16(13-33-21)7-6-15-4-2-1-3-5-15/h1-5,8,12-14,17-18,20,26,28H,6-7,9-11H2,(H,24,25,27)(H,30,31,32)/t17-,18-,20+/m1/s1. The van der Waals surface area contributed by atoms with E-state index in [0.29, 0.717) is 29.1 Å². The number of aryl methyl sites for hydroxylation is 2. The first-order valence-electron chi connectivity index (χ1n) is 10.9. The van der Waals surface area contributed by atoms with Crippen molar-refractivity contribution in [1.82, 2.24) is 14.7 Å². The number of hydrogen-bond donors (Lipinski definition) is 4. The fraction of sp³-hybridized carbons (Fsp3) is 0.348. The average Bonchev–Trinajstić information content (AvgIpc) is 3.43. The molecule has 0 spiro atoms. The van der Waals surface area contributed by atoms with Crippen LogP contribution in [0.2, 0.25) is 0 Å². The van der Waals surface area contributed by atoms with Gasteiger partial charge in [0.1, 0.15) is 12.1 Å². The van der Waals surface area contributed by atoms with Crippen molar-refractivity contribution in [3.63, 3.8) is 0 Å². The van der Waals surface area contributed by atoms with Gasteiger partial charge in [-0.05, 0) is 48.3 Å². The number of aliphatic hydroxyl groups excluding tert-OH is 1. The Morgan fingerprint density at radius 2 is 1.91 bits per heavy atom. The van der Waals surface area contributed by atoms with Gasteiger partial charge in [-0.25, -0.2) is 9.97 Å². The van der Waals surface area contributed by atoms with Gasteiger partial charge >= 0.3 is 10.3 Å².